The summed E-state index contributed by atoms with van der Waals surface area (Å²) in [4.78, 5) is 28.1. The summed E-state index contributed by atoms with van der Waals surface area (Å²) in [7, 11) is 1.62. The normalized spacial score (nSPS) is 15.5. The monoisotopic (exact) mass is 559 g/mol. The van der Waals surface area contributed by atoms with E-state index in [1.165, 1.54) is 19.2 Å². The minimum absolute atomic E-state index is 0.291. The van der Waals surface area contributed by atoms with Crippen molar-refractivity contribution >= 4 is 45.7 Å². The number of rotatable bonds is 10. The molecule has 1 radical (unpaired) electrons. The van der Waals surface area contributed by atoms with Crippen molar-refractivity contribution in [3.05, 3.63) is 78.6 Å². The highest BCUT2D eigenvalue weighted by atomic mass is 35.5. The Balaban J connectivity index is 1.24. The number of hydrogen-bond acceptors (Lipinski definition) is 8. The van der Waals surface area contributed by atoms with Gasteiger partial charge in [0.2, 0.25) is 0 Å². The molecule has 0 bridgehead atoms. The molecule has 1 atom stereocenters. The first-order chi connectivity index (χ1) is 19.5. The van der Waals surface area contributed by atoms with E-state index < -0.39 is 0 Å². The fourth-order valence-electron chi connectivity index (χ4n) is 4.74. The second-order valence-electron chi connectivity index (χ2n) is 9.65. The van der Waals surface area contributed by atoms with E-state index in [-0.39, 0.29) is 5.91 Å². The van der Waals surface area contributed by atoms with Gasteiger partial charge in [-0.15, -0.1) is 0 Å². The number of nitrogens with one attached hydrogen (secondary N) is 2. The number of fused-ring (bicyclic) bond motifs is 1. The fraction of sp³-hybridized carbons (Fsp3) is 0.300. The number of aromatic nitrogens is 3. The topological polar surface area (TPSA) is 102 Å². The number of halogens is 1. The Bertz CT molecular complexity index is 1470. The van der Waals surface area contributed by atoms with Gasteiger partial charge >= 0.3 is 0 Å². The van der Waals surface area contributed by atoms with Crippen molar-refractivity contribution in [2.24, 2.45) is 0 Å². The zero-order valence-corrected chi connectivity index (χ0v) is 23.2. The van der Waals surface area contributed by atoms with Gasteiger partial charge < -0.3 is 25.0 Å². The average molecular weight is 560 g/mol. The second-order valence-corrected chi connectivity index (χ2v) is 10.1. The van der Waals surface area contributed by atoms with Crippen LogP contribution in [0.2, 0.25) is 5.02 Å². The van der Waals surface area contributed by atoms with E-state index >= 15 is 0 Å². The van der Waals surface area contributed by atoms with E-state index in [0.717, 1.165) is 36.8 Å². The summed E-state index contributed by atoms with van der Waals surface area (Å²) in [5.41, 5.74) is 1.87. The summed E-state index contributed by atoms with van der Waals surface area (Å²) >= 11 is 5.99. The maximum Gasteiger partial charge on any atom is 0.256 e. The predicted octanol–water partition coefficient (Wildman–Crippen LogP) is 6.14. The van der Waals surface area contributed by atoms with E-state index in [1.54, 1.807) is 43.6 Å². The summed E-state index contributed by atoms with van der Waals surface area (Å²) < 4.78 is 11.7. The smallest absolute Gasteiger partial charge is 0.256 e. The molecule has 1 amide bonds. The van der Waals surface area contributed by atoms with Gasteiger partial charge in [0.25, 0.3) is 5.91 Å². The van der Waals surface area contributed by atoms with Gasteiger partial charge in [0.05, 0.1) is 31.1 Å². The molecule has 2 aromatic carbocycles. The Morgan fingerprint density at radius 3 is 2.80 bits per heavy atom. The van der Waals surface area contributed by atoms with Crippen LogP contribution in [0.5, 0.6) is 11.5 Å². The fourth-order valence-corrected chi connectivity index (χ4v) is 4.93. The Kier molecular flexibility index (Phi) is 8.93. The molecule has 3 heterocycles. The number of methoxy groups -OCH3 is 1. The lowest BCUT2D eigenvalue weighted by Gasteiger charge is -2.33. The molecule has 1 unspecified atom stereocenters. The molecular weight excluding hydrogens is 528 g/mol. The second kappa shape index (κ2) is 12.9. The van der Waals surface area contributed by atoms with Crippen molar-refractivity contribution in [1.82, 2.24) is 19.9 Å². The van der Waals surface area contributed by atoms with Crippen LogP contribution in [-0.2, 0) is 0 Å². The third-order valence-corrected chi connectivity index (χ3v) is 7.11. The number of pyridine rings is 1. The molecule has 4 aromatic rings. The SMILES string of the molecule is [CH2]C1CCCCN1CCCOc1cc2ncnc(Nc3ccc(NC(=O)c4cccc(Cl)c4)nc3)c2cc1OC. The quantitative estimate of drug-likeness (QED) is 0.223. The standard InChI is InChI=1S/C30H32ClN6O3/c1-20-7-3-4-12-37(20)13-6-14-40-27-17-25-24(16-26(27)39-2)29(34-19-33-25)35-23-10-11-28(32-18-23)36-30(38)21-8-5-9-22(31)15-21/h5,8-11,15-20H,1,3-4,6-7,12-14H2,2H3,(H,32,36,38)(H,33,34,35). The maximum absolute atomic E-state index is 12.5. The van der Waals surface area contributed by atoms with Gasteiger partial charge in [-0.05, 0) is 69.1 Å². The van der Waals surface area contributed by atoms with Crippen LogP contribution >= 0.6 is 11.6 Å². The first-order valence-electron chi connectivity index (χ1n) is 13.3. The van der Waals surface area contributed by atoms with Gasteiger partial charge in [0.15, 0.2) is 11.5 Å². The zero-order valence-electron chi connectivity index (χ0n) is 22.4. The number of piperidine rings is 1. The number of ether oxygens (including phenoxy) is 2. The zero-order chi connectivity index (χ0) is 27.9. The van der Waals surface area contributed by atoms with Crippen LogP contribution in [0.25, 0.3) is 10.9 Å². The van der Waals surface area contributed by atoms with E-state index in [0.29, 0.717) is 52.1 Å². The lowest BCUT2D eigenvalue weighted by molar-refractivity contribution is 0.102. The molecule has 0 saturated carbocycles. The average Bonchev–Trinajstić information content (AvgIpc) is 2.97. The number of amides is 1. The molecule has 2 N–H and O–H groups in total. The number of carbonyl (C=O) groups excluding carboxylic acids is 1. The van der Waals surface area contributed by atoms with Crippen LogP contribution in [0, 0.1) is 6.92 Å². The number of nitrogens with zero attached hydrogens (tertiary/aromatic N) is 4. The van der Waals surface area contributed by atoms with Crippen molar-refractivity contribution in [3.8, 4) is 11.5 Å². The van der Waals surface area contributed by atoms with Crippen LogP contribution < -0.4 is 20.1 Å². The third-order valence-electron chi connectivity index (χ3n) is 6.87. The van der Waals surface area contributed by atoms with E-state index in [2.05, 4.69) is 37.4 Å². The summed E-state index contributed by atoms with van der Waals surface area (Å²) in [6.07, 6.45) is 7.69. The largest absolute Gasteiger partial charge is 0.493 e. The van der Waals surface area contributed by atoms with Gasteiger partial charge in [-0.1, -0.05) is 24.1 Å². The van der Waals surface area contributed by atoms with E-state index in [1.807, 2.05) is 18.2 Å². The first kappa shape index (κ1) is 27.6. The molecule has 0 aliphatic carbocycles. The minimum Gasteiger partial charge on any atom is -0.493 e. The van der Waals surface area contributed by atoms with Crippen LogP contribution in [0.4, 0.5) is 17.3 Å². The number of benzene rings is 2. The van der Waals surface area contributed by atoms with Gasteiger partial charge in [0, 0.05) is 34.6 Å². The van der Waals surface area contributed by atoms with E-state index in [4.69, 9.17) is 21.1 Å². The summed E-state index contributed by atoms with van der Waals surface area (Å²) in [6, 6.07) is 14.4. The van der Waals surface area contributed by atoms with Crippen molar-refractivity contribution in [1.29, 1.82) is 0 Å². The highest BCUT2D eigenvalue weighted by Gasteiger charge is 2.18. The number of hydrogen-bond donors (Lipinski definition) is 2. The minimum atomic E-state index is -0.291. The molecule has 40 heavy (non-hydrogen) atoms. The summed E-state index contributed by atoms with van der Waals surface area (Å²) in [5, 5.41) is 7.32. The summed E-state index contributed by atoms with van der Waals surface area (Å²) in [6.45, 7) is 6.92. The molecule has 1 aliphatic heterocycles. The van der Waals surface area contributed by atoms with Crippen LogP contribution in [-0.4, -0.2) is 58.6 Å². The number of anilines is 3. The first-order valence-corrected chi connectivity index (χ1v) is 13.7. The molecular formula is C30H32ClN6O3. The molecule has 9 nitrogen and oxygen atoms in total. The Hall–Kier alpha value is -3.95. The lowest BCUT2D eigenvalue weighted by Crippen LogP contribution is -2.38. The van der Waals surface area contributed by atoms with E-state index in [9.17, 15) is 4.79 Å². The summed E-state index contributed by atoms with van der Waals surface area (Å²) in [5.74, 6) is 1.97. The number of likely N-dealkylation sites (tertiary alicyclic amines) is 1. The lowest BCUT2D eigenvalue weighted by atomic mass is 10.0. The maximum atomic E-state index is 12.5. The Labute approximate surface area is 238 Å². The molecule has 1 aliphatic rings. The van der Waals surface area contributed by atoms with Crippen molar-refractivity contribution in [2.75, 3.05) is 37.4 Å². The molecule has 2 aromatic heterocycles. The Morgan fingerprint density at radius 2 is 2.02 bits per heavy atom. The molecule has 1 saturated heterocycles. The number of carbonyl (C=O) groups is 1. The van der Waals surface area contributed by atoms with Crippen molar-refractivity contribution in [2.45, 2.75) is 31.7 Å². The van der Waals surface area contributed by atoms with Crippen molar-refractivity contribution in [3.63, 3.8) is 0 Å². The van der Waals surface area contributed by atoms with Crippen LogP contribution in [0.15, 0.2) is 61.1 Å². The third kappa shape index (κ3) is 6.78. The van der Waals surface area contributed by atoms with Crippen LogP contribution in [0.3, 0.4) is 0 Å². The molecule has 10 heteroatoms. The van der Waals surface area contributed by atoms with Gasteiger partial charge in [-0.3, -0.25) is 4.79 Å². The van der Waals surface area contributed by atoms with Gasteiger partial charge in [0.1, 0.15) is 18.0 Å². The predicted molar refractivity (Wildman–Crippen MR) is 158 cm³/mol. The van der Waals surface area contributed by atoms with Gasteiger partial charge in [-0.2, -0.15) is 0 Å². The Morgan fingerprint density at radius 1 is 1.12 bits per heavy atom. The molecule has 5 rings (SSSR count). The van der Waals surface area contributed by atoms with Gasteiger partial charge in [-0.25, -0.2) is 15.0 Å². The van der Waals surface area contributed by atoms with Crippen LogP contribution in [0.1, 0.15) is 36.0 Å². The molecule has 1 fully saturated rings. The highest BCUT2D eigenvalue weighted by molar-refractivity contribution is 6.31. The van der Waals surface area contributed by atoms with Crippen molar-refractivity contribution < 1.29 is 14.3 Å². The molecule has 207 valence electrons. The molecule has 0 spiro atoms. The highest BCUT2D eigenvalue weighted by Crippen LogP contribution is 2.35.